The molecular formula is C31H33N5OS. The van der Waals surface area contributed by atoms with E-state index in [1.165, 1.54) is 11.1 Å². The van der Waals surface area contributed by atoms with Gasteiger partial charge in [0.2, 0.25) is 5.91 Å². The number of benzene rings is 2. The normalized spacial score (nSPS) is 16.9. The third-order valence-electron chi connectivity index (χ3n) is 7.19. The van der Waals surface area contributed by atoms with Crippen molar-refractivity contribution >= 4 is 28.9 Å². The fraction of sp³-hybridized carbons (Fsp3) is 0.258. The predicted octanol–water partition coefficient (Wildman–Crippen LogP) is 6.11. The summed E-state index contributed by atoms with van der Waals surface area (Å²) in [5.74, 6) is -0.0400. The van der Waals surface area contributed by atoms with Crippen LogP contribution in [-0.2, 0) is 4.79 Å². The highest BCUT2D eigenvalue weighted by Crippen LogP contribution is 2.41. The van der Waals surface area contributed by atoms with E-state index in [0.29, 0.717) is 18.1 Å². The fourth-order valence-electron chi connectivity index (χ4n) is 5.25. The van der Waals surface area contributed by atoms with Gasteiger partial charge in [-0.25, -0.2) is 0 Å². The minimum absolute atomic E-state index is 0.0400. The Balaban J connectivity index is 1.46. The van der Waals surface area contributed by atoms with Crippen molar-refractivity contribution in [1.29, 1.82) is 0 Å². The first-order valence-electron chi connectivity index (χ1n) is 12.9. The monoisotopic (exact) mass is 523 g/mol. The number of amides is 1. The summed E-state index contributed by atoms with van der Waals surface area (Å²) in [6.45, 7) is 8.90. The first-order valence-corrected chi connectivity index (χ1v) is 13.3. The smallest absolute Gasteiger partial charge is 0.226 e. The van der Waals surface area contributed by atoms with Gasteiger partial charge in [-0.15, -0.1) is 0 Å². The van der Waals surface area contributed by atoms with Gasteiger partial charge in [0.15, 0.2) is 5.11 Å². The molecule has 2 aromatic heterocycles. The lowest BCUT2D eigenvalue weighted by Gasteiger charge is -2.28. The average Bonchev–Trinajstić information content (AvgIpc) is 3.39. The molecule has 0 saturated carbocycles. The van der Waals surface area contributed by atoms with E-state index < -0.39 is 0 Å². The lowest BCUT2D eigenvalue weighted by molar-refractivity contribution is -0.116. The molecule has 4 aromatic rings. The molecule has 0 spiro atoms. The maximum atomic E-state index is 12.9. The Morgan fingerprint density at radius 3 is 2.32 bits per heavy atom. The fourth-order valence-corrected chi connectivity index (χ4v) is 5.58. The molecule has 1 saturated heterocycles. The average molecular weight is 524 g/mol. The number of hydrogen-bond donors (Lipinski definition) is 2. The highest BCUT2D eigenvalue weighted by molar-refractivity contribution is 7.80. The van der Waals surface area contributed by atoms with Crippen LogP contribution >= 0.6 is 12.2 Å². The van der Waals surface area contributed by atoms with E-state index >= 15 is 0 Å². The quantitative estimate of drug-likeness (QED) is 0.286. The predicted molar refractivity (Wildman–Crippen MR) is 157 cm³/mol. The van der Waals surface area contributed by atoms with Crippen molar-refractivity contribution in [2.75, 3.05) is 11.9 Å². The standard InChI is InChI=1S/C31H33N5OS/c1-20-8-12-24(13-9-20)33-28(37)16-18-35-30(29(34-31(35)38)27-7-5-6-17-32-27)26-19-22(3)36(23(26)4)25-14-10-21(2)11-15-25/h5-15,17,19,29-30H,16,18H2,1-4H3,(H,33,37)(H,34,38)/t29-,30+/m0/s1. The summed E-state index contributed by atoms with van der Waals surface area (Å²) in [6, 6.07) is 24.4. The second-order valence-corrected chi connectivity index (χ2v) is 10.4. The van der Waals surface area contributed by atoms with Crippen LogP contribution < -0.4 is 10.6 Å². The Hall–Kier alpha value is -3.97. The molecule has 1 fully saturated rings. The molecule has 0 unspecified atom stereocenters. The van der Waals surface area contributed by atoms with Gasteiger partial charge in [-0.05, 0) is 87.9 Å². The van der Waals surface area contributed by atoms with Gasteiger partial charge in [-0.2, -0.15) is 0 Å². The number of aryl methyl sites for hydroxylation is 3. The van der Waals surface area contributed by atoms with Crippen LogP contribution in [-0.4, -0.2) is 32.0 Å². The molecule has 2 atom stereocenters. The van der Waals surface area contributed by atoms with Gasteiger partial charge >= 0.3 is 0 Å². The van der Waals surface area contributed by atoms with E-state index in [-0.39, 0.29) is 18.0 Å². The molecule has 0 aliphatic carbocycles. The summed E-state index contributed by atoms with van der Waals surface area (Å²) in [5.41, 5.74) is 8.71. The van der Waals surface area contributed by atoms with E-state index in [0.717, 1.165) is 34.0 Å². The number of hydrogen-bond acceptors (Lipinski definition) is 3. The summed E-state index contributed by atoms with van der Waals surface area (Å²) in [5, 5.41) is 7.15. The van der Waals surface area contributed by atoms with E-state index in [2.05, 4.69) is 76.2 Å². The van der Waals surface area contributed by atoms with Crippen LogP contribution in [0.1, 0.15) is 52.3 Å². The van der Waals surface area contributed by atoms with Crippen LogP contribution in [0, 0.1) is 27.7 Å². The molecule has 1 amide bonds. The number of aromatic nitrogens is 2. The summed E-state index contributed by atoms with van der Waals surface area (Å²) in [7, 11) is 0. The number of pyridine rings is 1. The van der Waals surface area contributed by atoms with Crippen molar-refractivity contribution < 1.29 is 4.79 Å². The SMILES string of the molecule is Cc1ccc(NC(=O)CCN2C(=S)N[C@@H](c3ccccn3)[C@H]2c2cc(C)n(-c3ccc(C)cc3)c2C)cc1. The first kappa shape index (κ1) is 25.7. The third-order valence-corrected chi connectivity index (χ3v) is 7.55. The van der Waals surface area contributed by atoms with Gasteiger partial charge in [-0.1, -0.05) is 41.5 Å². The number of nitrogens with one attached hydrogen (secondary N) is 2. The maximum Gasteiger partial charge on any atom is 0.226 e. The van der Waals surface area contributed by atoms with Crippen LogP contribution in [0.5, 0.6) is 0 Å². The lowest BCUT2D eigenvalue weighted by Crippen LogP contribution is -2.32. The second-order valence-electron chi connectivity index (χ2n) is 9.98. The van der Waals surface area contributed by atoms with Gasteiger partial charge in [0.05, 0.1) is 17.8 Å². The van der Waals surface area contributed by atoms with Crippen molar-refractivity contribution in [1.82, 2.24) is 19.8 Å². The summed E-state index contributed by atoms with van der Waals surface area (Å²) < 4.78 is 2.29. The number of nitrogens with zero attached hydrogens (tertiary/aromatic N) is 3. The highest BCUT2D eigenvalue weighted by atomic mass is 32.1. The zero-order valence-corrected chi connectivity index (χ0v) is 23.0. The van der Waals surface area contributed by atoms with Crippen LogP contribution in [0.2, 0.25) is 0 Å². The van der Waals surface area contributed by atoms with Gasteiger partial charge in [0.1, 0.15) is 0 Å². The minimum Gasteiger partial charge on any atom is -0.352 e. The molecule has 194 valence electrons. The summed E-state index contributed by atoms with van der Waals surface area (Å²) in [4.78, 5) is 19.7. The van der Waals surface area contributed by atoms with E-state index in [1.54, 1.807) is 0 Å². The molecule has 1 aliphatic heterocycles. The van der Waals surface area contributed by atoms with Gasteiger partial charge in [0.25, 0.3) is 0 Å². The van der Waals surface area contributed by atoms with E-state index in [1.807, 2.05) is 55.6 Å². The van der Waals surface area contributed by atoms with Crippen molar-refractivity contribution in [2.45, 2.75) is 46.2 Å². The molecule has 1 aliphatic rings. The maximum absolute atomic E-state index is 12.9. The Labute approximate surface area is 229 Å². The molecule has 0 radical (unpaired) electrons. The number of carbonyl (C=O) groups excluding carboxylic acids is 1. The van der Waals surface area contributed by atoms with Crippen molar-refractivity contribution in [3.63, 3.8) is 0 Å². The lowest BCUT2D eigenvalue weighted by atomic mass is 9.96. The Bertz CT molecular complexity index is 1440. The summed E-state index contributed by atoms with van der Waals surface area (Å²) >= 11 is 5.83. The molecule has 3 heterocycles. The van der Waals surface area contributed by atoms with Crippen molar-refractivity contribution in [3.05, 3.63) is 113 Å². The number of thiocarbonyl (C=S) groups is 1. The molecule has 2 N–H and O–H groups in total. The highest BCUT2D eigenvalue weighted by Gasteiger charge is 2.41. The topological polar surface area (TPSA) is 62.2 Å². The Morgan fingerprint density at radius 2 is 1.66 bits per heavy atom. The molecular weight excluding hydrogens is 490 g/mol. The van der Waals surface area contributed by atoms with Crippen LogP contribution in [0.3, 0.4) is 0 Å². The number of rotatable bonds is 7. The van der Waals surface area contributed by atoms with Crippen molar-refractivity contribution in [3.8, 4) is 5.69 Å². The molecule has 7 heteroatoms. The Morgan fingerprint density at radius 1 is 0.974 bits per heavy atom. The van der Waals surface area contributed by atoms with E-state index in [9.17, 15) is 4.79 Å². The van der Waals surface area contributed by atoms with Crippen LogP contribution in [0.4, 0.5) is 5.69 Å². The number of anilines is 1. The molecule has 6 nitrogen and oxygen atoms in total. The third kappa shape index (κ3) is 5.20. The summed E-state index contributed by atoms with van der Waals surface area (Å²) in [6.07, 6.45) is 2.13. The van der Waals surface area contributed by atoms with E-state index in [4.69, 9.17) is 12.2 Å². The van der Waals surface area contributed by atoms with Gasteiger partial charge in [-0.3, -0.25) is 9.78 Å². The van der Waals surface area contributed by atoms with Crippen molar-refractivity contribution in [2.24, 2.45) is 0 Å². The zero-order valence-electron chi connectivity index (χ0n) is 22.2. The molecule has 2 aromatic carbocycles. The number of carbonyl (C=O) groups is 1. The van der Waals surface area contributed by atoms with Crippen LogP contribution in [0.15, 0.2) is 79.0 Å². The second kappa shape index (κ2) is 10.8. The molecule has 5 rings (SSSR count). The van der Waals surface area contributed by atoms with Crippen LogP contribution in [0.25, 0.3) is 5.69 Å². The zero-order chi connectivity index (χ0) is 26.8. The van der Waals surface area contributed by atoms with Gasteiger partial charge < -0.3 is 20.1 Å². The molecule has 38 heavy (non-hydrogen) atoms. The minimum atomic E-state index is -0.129. The molecule has 0 bridgehead atoms. The van der Waals surface area contributed by atoms with Gasteiger partial charge in [0, 0.05) is 41.9 Å². The largest absolute Gasteiger partial charge is 0.352 e. The first-order chi connectivity index (χ1) is 18.3. The Kier molecular flexibility index (Phi) is 7.29.